The summed E-state index contributed by atoms with van der Waals surface area (Å²) in [5.74, 6) is 0.756. The zero-order valence-corrected chi connectivity index (χ0v) is 16.9. The molecule has 29 heavy (non-hydrogen) atoms. The molecule has 0 saturated heterocycles. The molecule has 0 radical (unpaired) electrons. The fourth-order valence-corrected chi connectivity index (χ4v) is 2.42. The SMILES string of the molecule is COc1cc(C=NNC(=O)CNC(=O)c2ccccc2OC)ccc1OC(C)C. The van der Waals surface area contributed by atoms with E-state index in [-0.39, 0.29) is 12.6 Å². The summed E-state index contributed by atoms with van der Waals surface area (Å²) in [4.78, 5) is 24.1. The largest absolute Gasteiger partial charge is 0.496 e. The Hall–Kier alpha value is -3.55. The highest BCUT2D eigenvalue weighted by Crippen LogP contribution is 2.28. The van der Waals surface area contributed by atoms with Crippen LogP contribution in [0.1, 0.15) is 29.8 Å². The summed E-state index contributed by atoms with van der Waals surface area (Å²) < 4.78 is 16.1. The first kappa shape index (κ1) is 21.7. The van der Waals surface area contributed by atoms with Crippen LogP contribution in [-0.2, 0) is 4.79 Å². The number of methoxy groups -OCH3 is 2. The zero-order valence-electron chi connectivity index (χ0n) is 16.9. The molecule has 154 valence electrons. The molecule has 0 aliphatic rings. The topological polar surface area (TPSA) is 98.2 Å². The molecule has 0 unspecified atom stereocenters. The zero-order chi connectivity index (χ0) is 21.2. The molecule has 0 saturated carbocycles. The standard InChI is InChI=1S/C21H25N3O5/c1-14(2)29-18-10-9-15(11-19(18)28-4)12-23-24-20(25)13-22-21(26)16-7-5-6-8-17(16)27-3/h5-12,14H,13H2,1-4H3,(H,22,26)(H,24,25). The molecule has 2 aromatic carbocycles. The highest BCUT2D eigenvalue weighted by atomic mass is 16.5. The first-order chi connectivity index (χ1) is 13.9. The smallest absolute Gasteiger partial charge is 0.259 e. The summed E-state index contributed by atoms with van der Waals surface area (Å²) in [6, 6.07) is 12.1. The second kappa shape index (κ2) is 10.7. The minimum atomic E-state index is -0.462. The van der Waals surface area contributed by atoms with Gasteiger partial charge in [0, 0.05) is 0 Å². The lowest BCUT2D eigenvalue weighted by Gasteiger charge is -2.13. The summed E-state index contributed by atoms with van der Waals surface area (Å²) in [6.07, 6.45) is 1.50. The summed E-state index contributed by atoms with van der Waals surface area (Å²) in [5.41, 5.74) is 3.43. The maximum atomic E-state index is 12.2. The third kappa shape index (κ3) is 6.53. The fourth-order valence-electron chi connectivity index (χ4n) is 2.42. The highest BCUT2D eigenvalue weighted by molar-refractivity contribution is 5.98. The van der Waals surface area contributed by atoms with Crippen molar-refractivity contribution < 1.29 is 23.8 Å². The Kier molecular flexibility index (Phi) is 8.02. The van der Waals surface area contributed by atoms with Gasteiger partial charge in [-0.25, -0.2) is 5.43 Å². The molecule has 2 aromatic rings. The van der Waals surface area contributed by atoms with Crippen molar-refractivity contribution >= 4 is 18.0 Å². The summed E-state index contributed by atoms with van der Waals surface area (Å²) >= 11 is 0. The van der Waals surface area contributed by atoms with E-state index in [1.54, 1.807) is 49.6 Å². The number of carbonyl (C=O) groups is 2. The van der Waals surface area contributed by atoms with Crippen LogP contribution < -0.4 is 25.0 Å². The van der Waals surface area contributed by atoms with Gasteiger partial charge >= 0.3 is 0 Å². The predicted octanol–water partition coefficient (Wildman–Crippen LogP) is 2.37. The molecule has 0 aliphatic carbocycles. The number of benzene rings is 2. The van der Waals surface area contributed by atoms with E-state index in [1.165, 1.54) is 13.3 Å². The van der Waals surface area contributed by atoms with Crippen molar-refractivity contribution in [2.24, 2.45) is 5.10 Å². The van der Waals surface area contributed by atoms with E-state index < -0.39 is 11.8 Å². The molecule has 8 heteroatoms. The van der Waals surface area contributed by atoms with E-state index in [0.717, 1.165) is 5.56 Å². The van der Waals surface area contributed by atoms with Crippen LogP contribution in [0.15, 0.2) is 47.6 Å². The summed E-state index contributed by atoms with van der Waals surface area (Å²) in [7, 11) is 3.03. The number of amides is 2. The second-order valence-electron chi connectivity index (χ2n) is 6.25. The number of hydrogen-bond acceptors (Lipinski definition) is 6. The quantitative estimate of drug-likeness (QED) is 0.498. The molecule has 0 aliphatic heterocycles. The molecule has 0 heterocycles. The van der Waals surface area contributed by atoms with Crippen LogP contribution in [0.5, 0.6) is 17.2 Å². The van der Waals surface area contributed by atoms with Crippen molar-refractivity contribution in [2.45, 2.75) is 20.0 Å². The molecule has 0 spiro atoms. The molecule has 2 N–H and O–H groups in total. The van der Waals surface area contributed by atoms with Crippen molar-refractivity contribution in [3.05, 3.63) is 53.6 Å². The van der Waals surface area contributed by atoms with E-state index in [9.17, 15) is 9.59 Å². The van der Waals surface area contributed by atoms with Crippen molar-refractivity contribution in [3.63, 3.8) is 0 Å². The van der Waals surface area contributed by atoms with Crippen molar-refractivity contribution in [1.82, 2.24) is 10.7 Å². The van der Waals surface area contributed by atoms with Gasteiger partial charge in [0.1, 0.15) is 5.75 Å². The number of nitrogens with zero attached hydrogens (tertiary/aromatic N) is 1. The molecule has 0 atom stereocenters. The number of nitrogens with one attached hydrogen (secondary N) is 2. The van der Waals surface area contributed by atoms with Gasteiger partial charge in [0.25, 0.3) is 11.8 Å². The van der Waals surface area contributed by atoms with Crippen LogP contribution in [0.3, 0.4) is 0 Å². The van der Waals surface area contributed by atoms with Gasteiger partial charge in [0.2, 0.25) is 0 Å². The number of ether oxygens (including phenoxy) is 3. The summed E-state index contributed by atoms with van der Waals surface area (Å²) in [6.45, 7) is 3.63. The van der Waals surface area contributed by atoms with Gasteiger partial charge in [-0.3, -0.25) is 9.59 Å². The first-order valence-corrected chi connectivity index (χ1v) is 9.02. The van der Waals surface area contributed by atoms with E-state index >= 15 is 0 Å². The lowest BCUT2D eigenvalue weighted by atomic mass is 10.2. The Morgan fingerprint density at radius 3 is 2.45 bits per heavy atom. The average Bonchev–Trinajstić information content (AvgIpc) is 2.72. The van der Waals surface area contributed by atoms with Crippen LogP contribution in [0, 0.1) is 0 Å². The Morgan fingerprint density at radius 1 is 1.03 bits per heavy atom. The highest BCUT2D eigenvalue weighted by Gasteiger charge is 2.12. The van der Waals surface area contributed by atoms with E-state index in [0.29, 0.717) is 22.8 Å². The molecule has 0 bridgehead atoms. The van der Waals surface area contributed by atoms with Crippen molar-refractivity contribution in [1.29, 1.82) is 0 Å². The Morgan fingerprint density at radius 2 is 1.76 bits per heavy atom. The molecule has 0 fully saturated rings. The third-order valence-corrected chi connectivity index (χ3v) is 3.71. The van der Waals surface area contributed by atoms with Gasteiger partial charge < -0.3 is 19.5 Å². The van der Waals surface area contributed by atoms with E-state index in [4.69, 9.17) is 14.2 Å². The number of rotatable bonds is 9. The first-order valence-electron chi connectivity index (χ1n) is 9.02. The van der Waals surface area contributed by atoms with Crippen LogP contribution >= 0.6 is 0 Å². The molecule has 2 amide bonds. The van der Waals surface area contributed by atoms with Crippen LogP contribution in [-0.4, -0.2) is 44.9 Å². The van der Waals surface area contributed by atoms with Gasteiger partial charge in [-0.15, -0.1) is 0 Å². The Labute approximate surface area is 169 Å². The van der Waals surface area contributed by atoms with E-state index in [2.05, 4.69) is 15.8 Å². The van der Waals surface area contributed by atoms with Crippen LogP contribution in [0.25, 0.3) is 0 Å². The van der Waals surface area contributed by atoms with E-state index in [1.807, 2.05) is 13.8 Å². The number of carbonyl (C=O) groups excluding carboxylic acids is 2. The van der Waals surface area contributed by atoms with Gasteiger partial charge in [0.05, 0.1) is 38.6 Å². The minimum absolute atomic E-state index is 0.0220. The maximum absolute atomic E-state index is 12.2. The van der Waals surface area contributed by atoms with Gasteiger partial charge in [-0.05, 0) is 49.7 Å². The molecular weight excluding hydrogens is 374 g/mol. The third-order valence-electron chi connectivity index (χ3n) is 3.71. The molecule has 8 nitrogen and oxygen atoms in total. The maximum Gasteiger partial charge on any atom is 0.259 e. The number of para-hydroxylation sites is 1. The second-order valence-corrected chi connectivity index (χ2v) is 6.25. The number of hydrazone groups is 1. The monoisotopic (exact) mass is 399 g/mol. The fraction of sp³-hybridized carbons (Fsp3) is 0.286. The van der Waals surface area contributed by atoms with Crippen molar-refractivity contribution in [3.8, 4) is 17.2 Å². The Balaban J connectivity index is 1.88. The molecule has 2 rings (SSSR count). The minimum Gasteiger partial charge on any atom is -0.496 e. The Bertz CT molecular complexity index is 880. The van der Waals surface area contributed by atoms with Gasteiger partial charge in [-0.1, -0.05) is 12.1 Å². The molecular formula is C21H25N3O5. The van der Waals surface area contributed by atoms with Crippen LogP contribution in [0.2, 0.25) is 0 Å². The molecule has 0 aromatic heterocycles. The van der Waals surface area contributed by atoms with Crippen molar-refractivity contribution in [2.75, 3.05) is 20.8 Å². The van der Waals surface area contributed by atoms with Gasteiger partial charge in [0.15, 0.2) is 11.5 Å². The summed E-state index contributed by atoms with van der Waals surface area (Å²) in [5, 5.41) is 6.42. The lowest BCUT2D eigenvalue weighted by molar-refractivity contribution is -0.120. The lowest BCUT2D eigenvalue weighted by Crippen LogP contribution is -2.35. The van der Waals surface area contributed by atoms with Crippen LogP contribution in [0.4, 0.5) is 0 Å². The number of hydrogen-bond donors (Lipinski definition) is 2. The predicted molar refractivity (Wildman–Crippen MR) is 110 cm³/mol. The van der Waals surface area contributed by atoms with Gasteiger partial charge in [-0.2, -0.15) is 5.10 Å². The average molecular weight is 399 g/mol. The normalized spacial score (nSPS) is 10.7.